The maximum Gasteiger partial charge on any atom is 0.273 e. The molecule has 0 saturated carbocycles. The van der Waals surface area contributed by atoms with Gasteiger partial charge in [-0.2, -0.15) is 0 Å². The molecular formula is C22H29N3O4. The highest BCUT2D eigenvalue weighted by Gasteiger charge is 2.21. The Morgan fingerprint density at radius 3 is 2.34 bits per heavy atom. The summed E-state index contributed by atoms with van der Waals surface area (Å²) < 4.78 is 5.18. The predicted octanol–water partition coefficient (Wildman–Crippen LogP) is 4.36. The number of carbonyl (C=O) groups is 1. The SMILES string of the molecule is COc1cc([N+](=O)[O-])ccc1NC(=O)[C@@H](C)N(C)Cc1ccc(C(C)(C)C)cc1. The number of hydrogen-bond donors (Lipinski definition) is 1. The molecule has 2 rings (SSSR count). The van der Waals surface area contributed by atoms with E-state index in [1.165, 1.54) is 30.9 Å². The normalized spacial score (nSPS) is 12.5. The first-order valence-electron chi connectivity index (χ1n) is 9.46. The number of likely N-dealkylation sites (N-methyl/N-ethyl adjacent to an activating group) is 1. The van der Waals surface area contributed by atoms with Crippen LogP contribution in [-0.2, 0) is 16.8 Å². The van der Waals surface area contributed by atoms with Crippen molar-refractivity contribution in [2.24, 2.45) is 0 Å². The van der Waals surface area contributed by atoms with Crippen molar-refractivity contribution < 1.29 is 14.5 Å². The standard InChI is InChI=1S/C22H29N3O4/c1-15(24(5)14-16-7-9-17(10-8-16)22(2,3)4)21(26)23-19-12-11-18(25(27)28)13-20(19)29-6/h7-13,15H,14H2,1-6H3,(H,23,26)/t15-/m1/s1. The van der Waals surface area contributed by atoms with Crippen molar-refractivity contribution in [1.82, 2.24) is 4.90 Å². The lowest BCUT2D eigenvalue weighted by Crippen LogP contribution is -2.39. The molecule has 0 bridgehead atoms. The minimum atomic E-state index is -0.505. The predicted molar refractivity (Wildman–Crippen MR) is 114 cm³/mol. The van der Waals surface area contributed by atoms with Crippen molar-refractivity contribution >= 4 is 17.3 Å². The Bertz CT molecular complexity index is 873. The van der Waals surface area contributed by atoms with Crippen LogP contribution < -0.4 is 10.1 Å². The first-order chi connectivity index (χ1) is 13.5. The molecule has 1 atom stereocenters. The molecule has 0 fully saturated rings. The number of benzene rings is 2. The summed E-state index contributed by atoms with van der Waals surface area (Å²) >= 11 is 0. The van der Waals surface area contributed by atoms with Crippen LogP contribution in [0.3, 0.4) is 0 Å². The number of rotatable bonds is 7. The Kier molecular flexibility index (Phi) is 6.97. The lowest BCUT2D eigenvalue weighted by Gasteiger charge is -2.25. The fourth-order valence-electron chi connectivity index (χ4n) is 2.87. The number of methoxy groups -OCH3 is 1. The summed E-state index contributed by atoms with van der Waals surface area (Å²) in [6, 6.07) is 12.1. The van der Waals surface area contributed by atoms with Crippen LogP contribution in [0.5, 0.6) is 5.75 Å². The molecule has 2 aromatic rings. The topological polar surface area (TPSA) is 84.7 Å². The van der Waals surface area contributed by atoms with Crippen molar-refractivity contribution in [1.29, 1.82) is 0 Å². The van der Waals surface area contributed by atoms with E-state index in [0.29, 0.717) is 12.2 Å². The van der Waals surface area contributed by atoms with Gasteiger partial charge in [-0.25, -0.2) is 0 Å². The first kappa shape index (κ1) is 22.4. The van der Waals surface area contributed by atoms with Gasteiger partial charge in [0, 0.05) is 12.6 Å². The fraction of sp³-hybridized carbons (Fsp3) is 0.409. The number of amides is 1. The van der Waals surface area contributed by atoms with Crippen LogP contribution in [-0.4, -0.2) is 35.9 Å². The molecule has 1 N–H and O–H groups in total. The Hall–Kier alpha value is -2.93. The van der Waals surface area contributed by atoms with E-state index in [1.54, 1.807) is 0 Å². The molecule has 2 aromatic carbocycles. The van der Waals surface area contributed by atoms with Crippen molar-refractivity contribution in [2.45, 2.75) is 45.7 Å². The van der Waals surface area contributed by atoms with Gasteiger partial charge in [-0.05, 0) is 36.6 Å². The minimum absolute atomic E-state index is 0.0938. The fourth-order valence-corrected chi connectivity index (χ4v) is 2.87. The number of nitrogens with zero attached hydrogens (tertiary/aromatic N) is 2. The van der Waals surface area contributed by atoms with Crippen LogP contribution in [0.2, 0.25) is 0 Å². The molecule has 1 amide bonds. The average molecular weight is 399 g/mol. The van der Waals surface area contributed by atoms with Gasteiger partial charge in [0.1, 0.15) is 5.75 Å². The van der Waals surface area contributed by atoms with Gasteiger partial charge in [0.15, 0.2) is 0 Å². The van der Waals surface area contributed by atoms with Gasteiger partial charge in [0.2, 0.25) is 5.91 Å². The van der Waals surface area contributed by atoms with E-state index in [1.807, 2.05) is 18.9 Å². The smallest absolute Gasteiger partial charge is 0.273 e. The van der Waals surface area contributed by atoms with E-state index in [9.17, 15) is 14.9 Å². The third kappa shape index (κ3) is 5.77. The molecule has 0 aliphatic rings. The molecule has 29 heavy (non-hydrogen) atoms. The van der Waals surface area contributed by atoms with E-state index in [-0.39, 0.29) is 22.8 Å². The maximum atomic E-state index is 12.7. The summed E-state index contributed by atoms with van der Waals surface area (Å²) in [6.07, 6.45) is 0. The number of anilines is 1. The Labute approximate surface area is 171 Å². The lowest BCUT2D eigenvalue weighted by atomic mass is 9.87. The van der Waals surface area contributed by atoms with E-state index < -0.39 is 11.0 Å². The zero-order valence-corrected chi connectivity index (χ0v) is 17.9. The van der Waals surface area contributed by atoms with Crippen LogP contribution in [0.25, 0.3) is 0 Å². The van der Waals surface area contributed by atoms with Crippen LogP contribution >= 0.6 is 0 Å². The molecule has 0 spiro atoms. The summed E-state index contributed by atoms with van der Waals surface area (Å²) in [5.74, 6) is 0.0335. The van der Waals surface area contributed by atoms with Crippen LogP contribution in [0.15, 0.2) is 42.5 Å². The molecule has 0 radical (unpaired) electrons. The van der Waals surface area contributed by atoms with Gasteiger partial charge in [-0.1, -0.05) is 45.0 Å². The van der Waals surface area contributed by atoms with Crippen molar-refractivity contribution in [2.75, 3.05) is 19.5 Å². The highest BCUT2D eigenvalue weighted by atomic mass is 16.6. The zero-order valence-electron chi connectivity index (χ0n) is 17.9. The quantitative estimate of drug-likeness (QED) is 0.552. The molecular weight excluding hydrogens is 370 g/mol. The third-order valence-electron chi connectivity index (χ3n) is 4.95. The molecule has 0 aromatic heterocycles. The number of carbonyl (C=O) groups excluding carboxylic acids is 1. The zero-order chi connectivity index (χ0) is 21.8. The van der Waals surface area contributed by atoms with E-state index in [4.69, 9.17) is 4.74 Å². The van der Waals surface area contributed by atoms with Crippen LogP contribution in [0.1, 0.15) is 38.8 Å². The Balaban J connectivity index is 2.05. The Morgan fingerprint density at radius 2 is 1.83 bits per heavy atom. The highest BCUT2D eigenvalue weighted by molar-refractivity contribution is 5.96. The Morgan fingerprint density at radius 1 is 1.21 bits per heavy atom. The molecule has 0 heterocycles. The summed E-state index contributed by atoms with van der Waals surface area (Å²) in [4.78, 5) is 25.0. The van der Waals surface area contributed by atoms with Crippen molar-refractivity contribution in [3.63, 3.8) is 0 Å². The number of hydrogen-bond acceptors (Lipinski definition) is 5. The number of ether oxygens (including phenoxy) is 1. The second-order valence-corrected chi connectivity index (χ2v) is 8.17. The molecule has 7 nitrogen and oxygen atoms in total. The second-order valence-electron chi connectivity index (χ2n) is 8.17. The van der Waals surface area contributed by atoms with Gasteiger partial charge >= 0.3 is 0 Å². The number of nitro groups is 1. The van der Waals surface area contributed by atoms with Crippen LogP contribution in [0.4, 0.5) is 11.4 Å². The largest absolute Gasteiger partial charge is 0.494 e. The van der Waals surface area contributed by atoms with E-state index in [2.05, 4.69) is 50.4 Å². The maximum absolute atomic E-state index is 12.7. The summed E-state index contributed by atoms with van der Waals surface area (Å²) in [6.45, 7) is 8.96. The second kappa shape index (κ2) is 9.05. The number of non-ortho nitro benzene ring substituents is 1. The molecule has 0 aliphatic carbocycles. The molecule has 156 valence electrons. The minimum Gasteiger partial charge on any atom is -0.494 e. The lowest BCUT2D eigenvalue weighted by molar-refractivity contribution is -0.384. The van der Waals surface area contributed by atoms with Crippen LogP contribution in [0, 0.1) is 10.1 Å². The molecule has 0 aliphatic heterocycles. The molecule has 0 unspecified atom stereocenters. The van der Waals surface area contributed by atoms with Gasteiger partial charge in [-0.15, -0.1) is 0 Å². The third-order valence-corrected chi connectivity index (χ3v) is 4.95. The van der Waals surface area contributed by atoms with Gasteiger partial charge in [0.25, 0.3) is 5.69 Å². The first-order valence-corrected chi connectivity index (χ1v) is 9.46. The number of nitrogens with one attached hydrogen (secondary N) is 1. The van der Waals surface area contributed by atoms with Gasteiger partial charge in [-0.3, -0.25) is 19.8 Å². The van der Waals surface area contributed by atoms with Gasteiger partial charge in [0.05, 0.1) is 29.8 Å². The van der Waals surface area contributed by atoms with Crippen molar-refractivity contribution in [3.05, 3.63) is 63.7 Å². The highest BCUT2D eigenvalue weighted by Crippen LogP contribution is 2.29. The van der Waals surface area contributed by atoms with Crippen molar-refractivity contribution in [3.8, 4) is 5.75 Å². The average Bonchev–Trinajstić information content (AvgIpc) is 2.67. The van der Waals surface area contributed by atoms with E-state index in [0.717, 1.165) is 5.56 Å². The molecule has 7 heteroatoms. The van der Waals surface area contributed by atoms with Gasteiger partial charge < -0.3 is 10.1 Å². The summed E-state index contributed by atoms with van der Waals surface area (Å²) in [5, 5.41) is 13.7. The summed E-state index contributed by atoms with van der Waals surface area (Å²) in [7, 11) is 3.29. The number of nitro benzene ring substituents is 1. The monoisotopic (exact) mass is 399 g/mol. The summed E-state index contributed by atoms with van der Waals surface area (Å²) in [5.41, 5.74) is 2.79. The van der Waals surface area contributed by atoms with E-state index >= 15 is 0 Å². The molecule has 0 saturated heterocycles.